The van der Waals surface area contributed by atoms with Crippen molar-refractivity contribution in [3.63, 3.8) is 0 Å². The van der Waals surface area contributed by atoms with Crippen LogP contribution in [0.4, 0.5) is 34.1 Å². The van der Waals surface area contributed by atoms with Crippen molar-refractivity contribution < 1.29 is 0 Å². The summed E-state index contributed by atoms with van der Waals surface area (Å²) in [6.45, 7) is 55.7. The predicted octanol–water partition coefficient (Wildman–Crippen LogP) is 28.8. The van der Waals surface area contributed by atoms with Crippen LogP contribution in [0.2, 0.25) is 0 Å². The molecule has 13 aromatic carbocycles. The number of benzene rings is 13. The van der Waals surface area contributed by atoms with E-state index in [4.69, 9.17) is 0 Å². The Morgan fingerprint density at radius 1 is 0.181 bits per heavy atom. The van der Waals surface area contributed by atoms with Gasteiger partial charge in [0, 0.05) is 77.8 Å². The minimum Gasteiger partial charge on any atom is -0.311 e. The molecular formula is C110H114BN5. The van der Waals surface area contributed by atoms with Crippen molar-refractivity contribution in [3.05, 3.63) is 299 Å². The number of nitrogens with zero attached hydrogens (tertiary/aromatic N) is 5. The second-order valence-electron chi connectivity index (χ2n) is 42.1. The van der Waals surface area contributed by atoms with Crippen LogP contribution in [0, 0.1) is 0 Å². The van der Waals surface area contributed by atoms with E-state index in [1.165, 1.54) is 149 Å². The summed E-state index contributed by atoms with van der Waals surface area (Å²) >= 11 is 0. The third kappa shape index (κ3) is 12.8. The number of aromatic nitrogens is 3. The summed E-state index contributed by atoms with van der Waals surface area (Å²) in [5, 5.41) is 7.58. The van der Waals surface area contributed by atoms with Crippen molar-refractivity contribution in [2.45, 2.75) is 209 Å². The Morgan fingerprint density at radius 3 is 0.612 bits per heavy atom. The molecule has 2 aliphatic heterocycles. The highest BCUT2D eigenvalue weighted by atomic mass is 15.2. The van der Waals surface area contributed by atoms with E-state index in [0.29, 0.717) is 0 Å². The average molecular weight is 1520 g/mol. The molecule has 0 N–H and O–H groups in total. The van der Waals surface area contributed by atoms with Gasteiger partial charge in [0.05, 0.1) is 38.8 Å². The monoisotopic (exact) mass is 1520 g/mol. The van der Waals surface area contributed by atoms with Gasteiger partial charge in [-0.05, 0) is 260 Å². The molecule has 0 unspecified atom stereocenters. The highest BCUT2D eigenvalue weighted by Gasteiger charge is 2.45. The van der Waals surface area contributed by atoms with Gasteiger partial charge in [-0.1, -0.05) is 287 Å². The number of anilines is 6. The van der Waals surface area contributed by atoms with E-state index in [1.807, 2.05) is 0 Å². The third-order valence-electron chi connectivity index (χ3n) is 25.7. The Hall–Kier alpha value is -11.1. The molecule has 582 valence electrons. The Labute approximate surface area is 689 Å². The first-order valence-electron chi connectivity index (χ1n) is 42.3. The van der Waals surface area contributed by atoms with Gasteiger partial charge >= 0.3 is 0 Å². The van der Waals surface area contributed by atoms with Crippen LogP contribution in [0.3, 0.4) is 0 Å². The van der Waals surface area contributed by atoms with Gasteiger partial charge in [-0.15, -0.1) is 0 Å². The van der Waals surface area contributed by atoms with E-state index < -0.39 is 0 Å². The molecular weight excluding hydrogens is 1400 g/mol. The first-order chi connectivity index (χ1) is 54.5. The smallest absolute Gasteiger partial charge is 0.252 e. The Balaban J connectivity index is 0.968. The molecule has 0 amide bonds. The quantitative estimate of drug-likeness (QED) is 0.148. The highest BCUT2D eigenvalue weighted by Crippen LogP contribution is 2.51. The maximum absolute atomic E-state index is 2.65. The zero-order valence-electron chi connectivity index (χ0n) is 73.1. The molecule has 16 aromatic rings. The zero-order chi connectivity index (χ0) is 81.9. The van der Waals surface area contributed by atoms with E-state index in [2.05, 4.69) is 444 Å². The van der Waals surface area contributed by atoms with Gasteiger partial charge in [-0.2, -0.15) is 0 Å². The van der Waals surface area contributed by atoms with Crippen LogP contribution in [-0.4, -0.2) is 20.4 Å². The second kappa shape index (κ2) is 26.2. The number of hydrogen-bond donors (Lipinski definition) is 0. The van der Waals surface area contributed by atoms with Crippen LogP contribution in [-0.2, 0) is 43.3 Å². The molecule has 5 nitrogen and oxygen atoms in total. The van der Waals surface area contributed by atoms with Gasteiger partial charge in [0.1, 0.15) is 0 Å². The first-order valence-corrected chi connectivity index (χ1v) is 42.3. The summed E-state index contributed by atoms with van der Waals surface area (Å²) in [7, 11) is 0. The summed E-state index contributed by atoms with van der Waals surface area (Å²) < 4.78 is 7.72. The van der Waals surface area contributed by atoms with Crippen LogP contribution in [0.1, 0.15) is 211 Å². The lowest BCUT2D eigenvalue weighted by atomic mass is 9.33. The molecule has 0 fully saturated rings. The Morgan fingerprint density at radius 2 is 0.379 bits per heavy atom. The fourth-order valence-corrected chi connectivity index (χ4v) is 18.6. The largest absolute Gasteiger partial charge is 0.311 e. The summed E-state index contributed by atoms with van der Waals surface area (Å²) in [6, 6.07) is 101. The number of hydrogen-bond acceptors (Lipinski definition) is 2. The molecule has 0 radical (unpaired) electrons. The van der Waals surface area contributed by atoms with Crippen molar-refractivity contribution in [3.8, 4) is 39.3 Å². The van der Waals surface area contributed by atoms with Crippen molar-refractivity contribution in [2.75, 3.05) is 9.80 Å². The van der Waals surface area contributed by atoms with E-state index in [0.717, 1.165) is 51.2 Å². The van der Waals surface area contributed by atoms with Gasteiger partial charge in [-0.25, -0.2) is 0 Å². The van der Waals surface area contributed by atoms with Crippen LogP contribution < -0.4 is 26.2 Å². The summed E-state index contributed by atoms with van der Waals surface area (Å²) in [4.78, 5) is 5.29. The van der Waals surface area contributed by atoms with Crippen LogP contribution >= 0.6 is 0 Å². The van der Waals surface area contributed by atoms with Crippen molar-refractivity contribution in [2.24, 2.45) is 0 Å². The molecule has 0 atom stereocenters. The fraction of sp³-hybridized carbons (Fsp3) is 0.291. The summed E-state index contributed by atoms with van der Waals surface area (Å²) in [5.74, 6) is 0. The summed E-state index contributed by atoms with van der Waals surface area (Å²) in [6.07, 6.45) is 0. The minimum atomic E-state index is -0.221. The van der Waals surface area contributed by atoms with Gasteiger partial charge < -0.3 is 23.5 Å². The van der Waals surface area contributed by atoms with Crippen molar-refractivity contribution >= 4 is 123 Å². The molecule has 0 aliphatic carbocycles. The predicted molar refractivity (Wildman–Crippen MR) is 504 cm³/mol. The lowest BCUT2D eigenvalue weighted by Crippen LogP contribution is -2.61. The van der Waals surface area contributed by atoms with E-state index in [1.54, 1.807) is 0 Å². The van der Waals surface area contributed by atoms with Gasteiger partial charge in [-0.3, -0.25) is 0 Å². The fourth-order valence-electron chi connectivity index (χ4n) is 18.6. The molecule has 0 saturated carbocycles. The maximum Gasteiger partial charge on any atom is 0.252 e. The third-order valence-corrected chi connectivity index (χ3v) is 25.7. The number of fused-ring (bicyclic) bond motifs is 13. The molecule has 3 aromatic heterocycles. The molecule has 116 heavy (non-hydrogen) atoms. The van der Waals surface area contributed by atoms with E-state index in [9.17, 15) is 0 Å². The van der Waals surface area contributed by atoms with Gasteiger partial charge in [0.2, 0.25) is 0 Å². The Kier molecular flexibility index (Phi) is 17.2. The maximum atomic E-state index is 2.65. The van der Waals surface area contributed by atoms with Gasteiger partial charge in [0.15, 0.2) is 0 Å². The second-order valence-corrected chi connectivity index (χ2v) is 42.1. The zero-order valence-corrected chi connectivity index (χ0v) is 73.1. The normalized spacial score (nSPS) is 13.8. The van der Waals surface area contributed by atoms with Crippen LogP contribution in [0.15, 0.2) is 255 Å². The average Bonchev–Trinajstić information content (AvgIpc) is 0.855. The molecule has 0 saturated heterocycles. The SMILES string of the molecule is CC(C)(C)c1ccc(-c2ccc(N3c4cc(-n5c6ccc(C(C)(C)C)cc6c6cc(C(C)(C)C)ccc65)ccc4B4c5ccc(-n6c7ccc(C(C)(C)C)cc7c7cc(C(C)(C)C)ccc76)cc5N(c5ccc(-c6ccc(C(C)(C)C)cc6)cc5)c5cc(-n6c7ccc(C(C)(C)C)cc7c7cc(C(C)(C)C)ccc76)cc3c54)cc2)cc1. The topological polar surface area (TPSA) is 21.3 Å². The molecule has 0 bridgehead atoms. The lowest BCUT2D eigenvalue weighted by Gasteiger charge is -2.44. The molecule has 18 rings (SSSR count). The standard InChI is InChI=1S/C110H114BN5/c1-103(2,3)71-33-25-67(26-34-71)69-29-43-79(44-30-69)112-98-63-81(114-92-51-37-73(105(7,8)9)57-84(92)85-58-74(106(10,11)12)38-52-93(85)114)47-49-90(98)111-91-50-48-82(115-94-53-39-75(107(13,14)15)59-86(94)87-60-76(108(16,17)18)40-54-95(87)115)64-99(91)113(80-45-31-70(32-46-80)68-27-35-72(36-28-68)104(4,5)6)101-66-83(65-100(112)102(101)111)116-96-55-41-77(109(19,20)21)61-88(96)89-62-78(110(22,23)24)42-56-97(89)116/h25-66H,1-24H3. The number of rotatable bonds is 7. The molecule has 0 spiro atoms. The Bertz CT molecular complexity index is 6130. The van der Waals surface area contributed by atoms with Crippen molar-refractivity contribution in [1.82, 2.24) is 13.7 Å². The van der Waals surface area contributed by atoms with Crippen molar-refractivity contribution in [1.29, 1.82) is 0 Å². The minimum absolute atomic E-state index is 0.0307. The van der Waals surface area contributed by atoms with E-state index in [-0.39, 0.29) is 50.0 Å². The summed E-state index contributed by atoms with van der Waals surface area (Å²) in [5.41, 5.74) is 35.9. The molecule has 2 aliphatic rings. The molecule has 5 heterocycles. The highest BCUT2D eigenvalue weighted by molar-refractivity contribution is 7.00. The van der Waals surface area contributed by atoms with E-state index >= 15 is 0 Å². The first kappa shape index (κ1) is 76.2. The van der Waals surface area contributed by atoms with Crippen LogP contribution in [0.25, 0.3) is 105 Å². The lowest BCUT2D eigenvalue weighted by molar-refractivity contribution is 0.590. The van der Waals surface area contributed by atoms with Gasteiger partial charge in [0.25, 0.3) is 6.71 Å². The molecule has 6 heteroatoms. The van der Waals surface area contributed by atoms with Crippen LogP contribution in [0.5, 0.6) is 0 Å².